The highest BCUT2D eigenvalue weighted by atomic mass is 35.5. The zero-order valence-corrected chi connectivity index (χ0v) is 6.69. The molecule has 0 atom stereocenters. The van der Waals surface area contributed by atoms with Gasteiger partial charge in [-0.15, -0.1) is 0 Å². The minimum Gasteiger partial charge on any atom is -0.0913 e. The molecule has 0 aromatic rings. The molecule has 0 nitrogen and oxygen atoms in total. The van der Waals surface area contributed by atoms with Gasteiger partial charge in [-0.3, -0.25) is 0 Å². The quantitative estimate of drug-likeness (QED) is 0.556. The van der Waals surface area contributed by atoms with Gasteiger partial charge in [0.2, 0.25) is 0 Å². The molecule has 0 saturated heterocycles. The molecule has 0 fully saturated rings. The average Bonchev–Trinajstić information content (AvgIpc) is 1.84. The van der Waals surface area contributed by atoms with Crippen molar-refractivity contribution in [1.82, 2.24) is 0 Å². The van der Waals surface area contributed by atoms with Crippen LogP contribution in [0.25, 0.3) is 0 Å². The van der Waals surface area contributed by atoms with Gasteiger partial charge in [0.25, 0.3) is 0 Å². The average molecular weight is 192 g/mol. The summed E-state index contributed by atoms with van der Waals surface area (Å²) in [4.78, 5) is 0. The smallest absolute Gasteiger partial charge is 0.0714 e. The van der Waals surface area contributed by atoms with Crippen molar-refractivity contribution in [2.45, 2.75) is 0 Å². The monoisotopic (exact) mass is 190 g/mol. The van der Waals surface area contributed by atoms with E-state index in [0.29, 0.717) is 0 Å². The van der Waals surface area contributed by atoms with Gasteiger partial charge in [0.05, 0.1) is 10.1 Å². The SMILES string of the molecule is Cl/C=C(Cl)\C(Cl)=C/Cl. The summed E-state index contributed by atoms with van der Waals surface area (Å²) in [5.74, 6) is 0. The maximum Gasteiger partial charge on any atom is 0.0714 e. The fraction of sp³-hybridized carbons (Fsp3) is 0. The molecule has 0 aliphatic carbocycles. The van der Waals surface area contributed by atoms with E-state index in [9.17, 15) is 0 Å². The van der Waals surface area contributed by atoms with E-state index >= 15 is 0 Å². The molecule has 8 heavy (non-hydrogen) atoms. The van der Waals surface area contributed by atoms with Crippen LogP contribution >= 0.6 is 46.4 Å². The molecule has 0 rings (SSSR count). The van der Waals surface area contributed by atoms with E-state index in [-0.39, 0.29) is 10.1 Å². The number of allylic oxidation sites excluding steroid dienone is 2. The third-order valence-corrected chi connectivity index (χ3v) is 1.80. The van der Waals surface area contributed by atoms with Gasteiger partial charge in [0, 0.05) is 11.1 Å². The summed E-state index contributed by atoms with van der Waals surface area (Å²) in [6.45, 7) is 0. The van der Waals surface area contributed by atoms with Gasteiger partial charge in [0.1, 0.15) is 0 Å². The number of halogens is 4. The van der Waals surface area contributed by atoms with Crippen molar-refractivity contribution in [2.24, 2.45) is 0 Å². The first-order valence-corrected chi connectivity index (χ1v) is 3.27. The molecule has 0 heterocycles. The summed E-state index contributed by atoms with van der Waals surface area (Å²) < 4.78 is 0. The summed E-state index contributed by atoms with van der Waals surface area (Å²) in [6.07, 6.45) is 0. The van der Waals surface area contributed by atoms with Crippen molar-refractivity contribution in [2.75, 3.05) is 0 Å². The molecule has 0 N–H and O–H groups in total. The van der Waals surface area contributed by atoms with Crippen molar-refractivity contribution in [3.63, 3.8) is 0 Å². The van der Waals surface area contributed by atoms with Crippen LogP contribution in [0.4, 0.5) is 0 Å². The second-order valence-corrected chi connectivity index (χ2v) is 2.16. The van der Waals surface area contributed by atoms with Crippen molar-refractivity contribution in [3.05, 3.63) is 21.1 Å². The van der Waals surface area contributed by atoms with Crippen molar-refractivity contribution < 1.29 is 0 Å². The highest BCUT2D eigenvalue weighted by Gasteiger charge is 1.93. The first-order chi connectivity index (χ1) is 3.72. The lowest BCUT2D eigenvalue weighted by Gasteiger charge is -1.86. The minimum absolute atomic E-state index is 0.239. The molecule has 0 radical (unpaired) electrons. The predicted molar refractivity (Wildman–Crippen MR) is 39.6 cm³/mol. The first-order valence-electron chi connectivity index (χ1n) is 1.64. The zero-order valence-electron chi connectivity index (χ0n) is 3.67. The minimum atomic E-state index is 0.239. The van der Waals surface area contributed by atoms with Gasteiger partial charge in [0.15, 0.2) is 0 Å². The highest BCUT2D eigenvalue weighted by molar-refractivity contribution is 6.48. The number of rotatable bonds is 1. The van der Waals surface area contributed by atoms with Crippen LogP contribution in [0.3, 0.4) is 0 Å². The second kappa shape index (κ2) is 4.51. The van der Waals surface area contributed by atoms with E-state index in [0.717, 1.165) is 11.1 Å². The molecule has 4 heteroatoms. The van der Waals surface area contributed by atoms with Crippen LogP contribution in [0.1, 0.15) is 0 Å². The number of hydrogen-bond acceptors (Lipinski definition) is 0. The topological polar surface area (TPSA) is 0 Å². The summed E-state index contributed by atoms with van der Waals surface area (Å²) >= 11 is 21.0. The Labute approximate surface area is 67.7 Å². The van der Waals surface area contributed by atoms with Gasteiger partial charge in [-0.1, -0.05) is 46.4 Å². The molecule has 0 aromatic heterocycles. The van der Waals surface area contributed by atoms with E-state index in [1.807, 2.05) is 0 Å². The van der Waals surface area contributed by atoms with E-state index in [1.54, 1.807) is 0 Å². The Bertz CT molecular complexity index is 108. The fourth-order valence-corrected chi connectivity index (χ4v) is 0.560. The third-order valence-electron chi connectivity index (χ3n) is 0.420. The molecular formula is C4H2Cl4. The summed E-state index contributed by atoms with van der Waals surface area (Å²) in [6, 6.07) is 0. The van der Waals surface area contributed by atoms with Gasteiger partial charge in [-0.05, 0) is 0 Å². The lowest BCUT2D eigenvalue weighted by molar-refractivity contribution is 1.90. The summed E-state index contributed by atoms with van der Waals surface area (Å²) in [7, 11) is 0. The Kier molecular flexibility index (Phi) is 4.87. The lowest BCUT2D eigenvalue weighted by Crippen LogP contribution is -1.64. The van der Waals surface area contributed by atoms with E-state index in [1.165, 1.54) is 0 Å². The first kappa shape index (κ1) is 8.64. The van der Waals surface area contributed by atoms with Crippen molar-refractivity contribution in [1.29, 1.82) is 0 Å². The molecule has 46 valence electrons. The summed E-state index contributed by atoms with van der Waals surface area (Å²) in [5, 5.41) is 0.478. The van der Waals surface area contributed by atoms with Gasteiger partial charge >= 0.3 is 0 Å². The van der Waals surface area contributed by atoms with E-state index < -0.39 is 0 Å². The standard InChI is InChI=1S/C4H2Cl4/c5-1-3(7)4(8)2-6/h1-2H/b3-1+,4-2+. The van der Waals surface area contributed by atoms with Crippen molar-refractivity contribution >= 4 is 46.4 Å². The van der Waals surface area contributed by atoms with Crippen molar-refractivity contribution in [3.8, 4) is 0 Å². The molecular weight excluding hydrogens is 190 g/mol. The Morgan fingerprint density at radius 3 is 1.25 bits per heavy atom. The van der Waals surface area contributed by atoms with Gasteiger partial charge < -0.3 is 0 Å². The number of hydrogen-bond donors (Lipinski definition) is 0. The van der Waals surface area contributed by atoms with Crippen LogP contribution in [0.5, 0.6) is 0 Å². The Balaban J connectivity index is 4.04. The maximum absolute atomic E-state index is 5.36. The normalized spacial score (nSPS) is 14.5. The second-order valence-electron chi connectivity index (χ2n) is 0.914. The molecule has 0 spiro atoms. The van der Waals surface area contributed by atoms with E-state index in [4.69, 9.17) is 46.4 Å². The molecule has 0 aliphatic heterocycles. The van der Waals surface area contributed by atoms with E-state index in [2.05, 4.69) is 0 Å². The van der Waals surface area contributed by atoms with Crippen LogP contribution in [0, 0.1) is 0 Å². The van der Waals surface area contributed by atoms with Crippen LogP contribution in [-0.4, -0.2) is 0 Å². The summed E-state index contributed by atoms with van der Waals surface area (Å²) in [5.41, 5.74) is 2.28. The highest BCUT2D eigenvalue weighted by Crippen LogP contribution is 2.19. The molecule has 0 bridgehead atoms. The largest absolute Gasteiger partial charge is 0.0913 e. The third kappa shape index (κ3) is 2.83. The van der Waals surface area contributed by atoms with Crippen LogP contribution in [-0.2, 0) is 0 Å². The van der Waals surface area contributed by atoms with Gasteiger partial charge in [-0.2, -0.15) is 0 Å². The Hall–Kier alpha value is 0.640. The fourth-order valence-electron chi connectivity index (χ4n) is 0.104. The zero-order chi connectivity index (χ0) is 6.57. The molecule has 0 amide bonds. The molecule has 0 aromatic carbocycles. The van der Waals surface area contributed by atoms with Crippen LogP contribution < -0.4 is 0 Å². The predicted octanol–water partition coefficient (Wildman–Crippen LogP) is 3.62. The lowest BCUT2D eigenvalue weighted by atomic mass is 10.6. The molecule has 0 saturated carbocycles. The Morgan fingerprint density at radius 1 is 0.875 bits per heavy atom. The molecule has 0 unspecified atom stereocenters. The van der Waals surface area contributed by atoms with Crippen LogP contribution in [0.15, 0.2) is 21.1 Å². The Morgan fingerprint density at radius 2 is 1.12 bits per heavy atom. The molecule has 0 aliphatic rings. The van der Waals surface area contributed by atoms with Gasteiger partial charge in [-0.25, -0.2) is 0 Å². The maximum atomic E-state index is 5.36. The van der Waals surface area contributed by atoms with Crippen LogP contribution in [0.2, 0.25) is 0 Å².